The Bertz CT molecular complexity index is 788. The molecule has 0 saturated carbocycles. The number of aryl methyl sites for hydroxylation is 1. The van der Waals surface area contributed by atoms with Crippen molar-refractivity contribution in [2.24, 2.45) is 0 Å². The first-order chi connectivity index (χ1) is 9.72. The highest BCUT2D eigenvalue weighted by Gasteiger charge is 2.22. The number of hydrogen-bond donors (Lipinski definition) is 2. The van der Waals surface area contributed by atoms with Crippen LogP contribution in [0.25, 0.3) is 0 Å². The van der Waals surface area contributed by atoms with Gasteiger partial charge in [0.05, 0.1) is 14.4 Å². The van der Waals surface area contributed by atoms with Crippen molar-refractivity contribution in [2.45, 2.75) is 25.3 Å². The van der Waals surface area contributed by atoms with E-state index in [9.17, 15) is 12.8 Å². The van der Waals surface area contributed by atoms with E-state index in [1.54, 1.807) is 6.92 Å². The molecule has 0 saturated heterocycles. The molecule has 0 spiro atoms. The van der Waals surface area contributed by atoms with Gasteiger partial charge in [0.25, 0.3) is 0 Å². The van der Waals surface area contributed by atoms with Crippen molar-refractivity contribution in [3.8, 4) is 0 Å². The zero-order valence-electron chi connectivity index (χ0n) is 11.4. The predicted octanol–water partition coefficient (Wildman–Crippen LogP) is 3.33. The fourth-order valence-electron chi connectivity index (χ4n) is 2.03. The number of sulfonamides is 1. The molecule has 8 heteroatoms. The number of nitrogen functional groups attached to an aromatic ring is 1. The van der Waals surface area contributed by atoms with Gasteiger partial charge >= 0.3 is 0 Å². The highest BCUT2D eigenvalue weighted by molar-refractivity contribution is 9.11. The third kappa shape index (κ3) is 3.45. The van der Waals surface area contributed by atoms with Crippen LogP contribution in [0.3, 0.4) is 0 Å². The molecule has 0 unspecified atom stereocenters. The molecular formula is C13H14BrFN2O2S2. The largest absolute Gasteiger partial charge is 0.396 e. The molecule has 21 heavy (non-hydrogen) atoms. The second kappa shape index (κ2) is 6.04. The lowest BCUT2D eigenvalue weighted by atomic mass is 10.1. The summed E-state index contributed by atoms with van der Waals surface area (Å²) >= 11 is 4.76. The van der Waals surface area contributed by atoms with E-state index in [0.717, 1.165) is 14.7 Å². The quantitative estimate of drug-likeness (QED) is 0.783. The van der Waals surface area contributed by atoms with Gasteiger partial charge in [-0.1, -0.05) is 0 Å². The highest BCUT2D eigenvalue weighted by atomic mass is 79.9. The first-order valence-corrected chi connectivity index (χ1v) is 9.10. The summed E-state index contributed by atoms with van der Waals surface area (Å²) in [7, 11) is -3.76. The van der Waals surface area contributed by atoms with E-state index in [1.165, 1.54) is 18.3 Å². The molecule has 0 atom stereocenters. The van der Waals surface area contributed by atoms with Crippen molar-refractivity contribution in [2.75, 3.05) is 5.73 Å². The summed E-state index contributed by atoms with van der Waals surface area (Å²) in [5.74, 6) is -0.605. The van der Waals surface area contributed by atoms with Crippen LogP contribution in [0.5, 0.6) is 0 Å². The van der Waals surface area contributed by atoms with Crippen LogP contribution < -0.4 is 10.5 Å². The van der Waals surface area contributed by atoms with Crippen LogP contribution in [-0.2, 0) is 16.6 Å². The third-order valence-electron chi connectivity index (χ3n) is 3.04. The van der Waals surface area contributed by atoms with Gasteiger partial charge < -0.3 is 5.73 Å². The molecule has 0 amide bonds. The summed E-state index contributed by atoms with van der Waals surface area (Å²) in [4.78, 5) is 0.910. The maximum absolute atomic E-state index is 13.5. The lowest BCUT2D eigenvalue weighted by molar-refractivity contribution is 0.579. The first kappa shape index (κ1) is 16.4. The van der Waals surface area contributed by atoms with E-state index in [1.807, 2.05) is 12.1 Å². The van der Waals surface area contributed by atoms with Crippen molar-refractivity contribution >= 4 is 43.0 Å². The minimum absolute atomic E-state index is 0.0389. The van der Waals surface area contributed by atoms with Crippen LogP contribution in [0.15, 0.2) is 26.9 Å². The molecule has 0 radical (unpaired) electrons. The summed E-state index contributed by atoms with van der Waals surface area (Å²) in [6, 6.07) is 4.81. The molecule has 0 aliphatic heterocycles. The Morgan fingerprint density at radius 2 is 2.05 bits per heavy atom. The van der Waals surface area contributed by atoms with Crippen molar-refractivity contribution in [1.82, 2.24) is 4.72 Å². The minimum Gasteiger partial charge on any atom is -0.396 e. The number of rotatable bonds is 4. The molecule has 1 heterocycles. The van der Waals surface area contributed by atoms with Crippen molar-refractivity contribution < 1.29 is 12.8 Å². The standard InChI is InChI=1S/C13H14BrFN2O2S2/c1-7-5-10(15)12(16)8(2)13(7)21(18,19)17-6-9-3-4-11(14)20-9/h3-5,17H,6,16H2,1-2H3. The Balaban J connectivity index is 2.34. The van der Waals surface area contributed by atoms with Gasteiger partial charge in [-0.25, -0.2) is 17.5 Å². The molecule has 2 aromatic rings. The zero-order chi connectivity index (χ0) is 15.8. The summed E-state index contributed by atoms with van der Waals surface area (Å²) in [5, 5.41) is 0. The maximum Gasteiger partial charge on any atom is 0.241 e. The molecule has 114 valence electrons. The van der Waals surface area contributed by atoms with Crippen LogP contribution in [-0.4, -0.2) is 8.42 Å². The SMILES string of the molecule is Cc1cc(F)c(N)c(C)c1S(=O)(=O)NCc1ccc(Br)s1. The number of halogens is 2. The van der Waals surface area contributed by atoms with Crippen LogP contribution >= 0.6 is 27.3 Å². The molecule has 4 nitrogen and oxygen atoms in total. The van der Waals surface area contributed by atoms with Crippen LogP contribution in [0.1, 0.15) is 16.0 Å². The zero-order valence-corrected chi connectivity index (χ0v) is 14.6. The fraction of sp³-hybridized carbons (Fsp3) is 0.231. The fourth-order valence-corrected chi connectivity index (χ4v) is 5.03. The Hall–Kier alpha value is -0.960. The van der Waals surface area contributed by atoms with Crippen LogP contribution in [0.2, 0.25) is 0 Å². The molecule has 0 aliphatic carbocycles. The second-order valence-corrected chi connectivity index (χ2v) is 8.82. The van der Waals surface area contributed by atoms with Gasteiger partial charge in [-0.05, 0) is 59.1 Å². The van der Waals surface area contributed by atoms with E-state index in [0.29, 0.717) is 5.56 Å². The van der Waals surface area contributed by atoms with Gasteiger partial charge in [0, 0.05) is 11.4 Å². The van der Waals surface area contributed by atoms with E-state index in [-0.39, 0.29) is 22.7 Å². The van der Waals surface area contributed by atoms with Gasteiger partial charge in [0.2, 0.25) is 10.0 Å². The minimum atomic E-state index is -3.76. The summed E-state index contributed by atoms with van der Waals surface area (Å²) in [6.45, 7) is 3.22. The summed E-state index contributed by atoms with van der Waals surface area (Å²) in [6.07, 6.45) is 0. The van der Waals surface area contributed by atoms with Crippen molar-refractivity contribution in [1.29, 1.82) is 0 Å². The Kier molecular flexibility index (Phi) is 4.72. The average Bonchev–Trinajstić information content (AvgIpc) is 2.79. The molecule has 0 fully saturated rings. The molecule has 3 N–H and O–H groups in total. The number of benzene rings is 1. The molecular weight excluding hydrogens is 379 g/mol. The second-order valence-electron chi connectivity index (χ2n) is 4.57. The normalized spacial score (nSPS) is 11.8. The monoisotopic (exact) mass is 392 g/mol. The average molecular weight is 393 g/mol. The van der Waals surface area contributed by atoms with Gasteiger partial charge in [-0.3, -0.25) is 0 Å². The predicted molar refractivity (Wildman–Crippen MR) is 86.3 cm³/mol. The van der Waals surface area contributed by atoms with Crippen LogP contribution in [0.4, 0.5) is 10.1 Å². The maximum atomic E-state index is 13.5. The summed E-state index contributed by atoms with van der Waals surface area (Å²) in [5.41, 5.74) is 6.01. The Morgan fingerprint density at radius 3 is 2.62 bits per heavy atom. The van der Waals surface area contributed by atoms with E-state index in [2.05, 4.69) is 20.7 Å². The Morgan fingerprint density at radius 1 is 1.38 bits per heavy atom. The van der Waals surface area contributed by atoms with E-state index < -0.39 is 15.8 Å². The van der Waals surface area contributed by atoms with Gasteiger partial charge in [0.1, 0.15) is 5.82 Å². The molecule has 0 bridgehead atoms. The number of nitrogens with two attached hydrogens (primary N) is 1. The number of nitrogens with one attached hydrogen (secondary N) is 1. The lowest BCUT2D eigenvalue weighted by Gasteiger charge is -2.14. The number of hydrogen-bond acceptors (Lipinski definition) is 4. The topological polar surface area (TPSA) is 72.2 Å². The smallest absolute Gasteiger partial charge is 0.241 e. The number of thiophene rings is 1. The third-order valence-corrected chi connectivity index (χ3v) is 6.35. The van der Waals surface area contributed by atoms with Gasteiger partial charge in [-0.2, -0.15) is 0 Å². The van der Waals surface area contributed by atoms with Crippen LogP contribution in [0, 0.1) is 19.7 Å². The lowest BCUT2D eigenvalue weighted by Crippen LogP contribution is -2.25. The molecule has 1 aromatic carbocycles. The highest BCUT2D eigenvalue weighted by Crippen LogP contribution is 2.28. The molecule has 0 aliphatic rings. The van der Waals surface area contributed by atoms with Crippen molar-refractivity contribution in [3.05, 3.63) is 43.8 Å². The molecule has 1 aromatic heterocycles. The Labute approximate surface area is 135 Å². The molecule has 2 rings (SSSR count). The van der Waals surface area contributed by atoms with Crippen molar-refractivity contribution in [3.63, 3.8) is 0 Å². The van der Waals surface area contributed by atoms with E-state index in [4.69, 9.17) is 5.73 Å². The number of anilines is 1. The first-order valence-electron chi connectivity index (χ1n) is 6.01. The van der Waals surface area contributed by atoms with Gasteiger partial charge in [-0.15, -0.1) is 11.3 Å². The van der Waals surface area contributed by atoms with Gasteiger partial charge in [0.15, 0.2) is 0 Å². The van der Waals surface area contributed by atoms with E-state index >= 15 is 0 Å². The summed E-state index contributed by atoms with van der Waals surface area (Å²) < 4.78 is 41.8.